The molecule has 0 aliphatic carbocycles. The van der Waals surface area contributed by atoms with Crippen LogP contribution in [0.2, 0.25) is 0 Å². The number of aromatic nitrogens is 2. The van der Waals surface area contributed by atoms with Crippen LogP contribution in [0.25, 0.3) is 5.69 Å². The molecule has 1 aromatic heterocycles. The molecule has 1 aromatic carbocycles. The first kappa shape index (κ1) is 14.7. The molecule has 0 radical (unpaired) electrons. The predicted octanol–water partition coefficient (Wildman–Crippen LogP) is 2.23. The fourth-order valence-corrected chi connectivity index (χ4v) is 1.95. The summed E-state index contributed by atoms with van der Waals surface area (Å²) in [5.74, 6) is -0.185. The van der Waals surface area contributed by atoms with Gasteiger partial charge in [-0.2, -0.15) is 5.10 Å². The van der Waals surface area contributed by atoms with Crippen LogP contribution in [0.4, 0.5) is 5.69 Å². The van der Waals surface area contributed by atoms with Crippen LogP contribution in [0.1, 0.15) is 29.9 Å². The van der Waals surface area contributed by atoms with Crippen LogP contribution in [0.5, 0.6) is 0 Å². The van der Waals surface area contributed by atoms with Gasteiger partial charge in [0.25, 0.3) is 11.6 Å². The average molecular weight is 288 g/mol. The van der Waals surface area contributed by atoms with Crippen molar-refractivity contribution in [2.45, 2.75) is 26.8 Å². The summed E-state index contributed by atoms with van der Waals surface area (Å²) < 4.78 is 1.58. The van der Waals surface area contributed by atoms with Crippen LogP contribution in [0, 0.1) is 17.0 Å². The maximum absolute atomic E-state index is 12.0. The normalized spacial score (nSPS) is 10.7. The van der Waals surface area contributed by atoms with Crippen molar-refractivity contribution >= 4 is 11.6 Å². The second kappa shape index (κ2) is 5.74. The van der Waals surface area contributed by atoms with Gasteiger partial charge in [0.05, 0.1) is 28.1 Å². The molecule has 0 aliphatic rings. The van der Waals surface area contributed by atoms with E-state index < -0.39 is 4.92 Å². The van der Waals surface area contributed by atoms with Gasteiger partial charge < -0.3 is 5.32 Å². The minimum absolute atomic E-state index is 0.0151. The smallest absolute Gasteiger partial charge is 0.269 e. The number of rotatable bonds is 4. The lowest BCUT2D eigenvalue weighted by Gasteiger charge is -2.08. The van der Waals surface area contributed by atoms with Crippen molar-refractivity contribution in [2.75, 3.05) is 0 Å². The van der Waals surface area contributed by atoms with Crippen molar-refractivity contribution < 1.29 is 9.72 Å². The lowest BCUT2D eigenvalue weighted by atomic mass is 10.2. The molecule has 110 valence electrons. The Hall–Kier alpha value is -2.70. The molecule has 0 unspecified atom stereocenters. The fourth-order valence-electron chi connectivity index (χ4n) is 1.95. The molecule has 7 heteroatoms. The lowest BCUT2D eigenvalue weighted by Crippen LogP contribution is -2.30. The van der Waals surface area contributed by atoms with E-state index in [0.717, 1.165) is 0 Å². The van der Waals surface area contributed by atoms with Crippen LogP contribution in [-0.2, 0) is 0 Å². The van der Waals surface area contributed by atoms with Crippen LogP contribution in [0.15, 0.2) is 30.5 Å². The standard InChI is InChI=1S/C14H16N4O3/c1-9(2)16-14(19)13-8-15-17(10(13)3)11-4-6-12(7-5-11)18(20)21/h4-9H,1-3H3,(H,16,19). The lowest BCUT2D eigenvalue weighted by molar-refractivity contribution is -0.384. The molecule has 7 nitrogen and oxygen atoms in total. The number of amides is 1. The molecule has 0 aliphatic heterocycles. The zero-order valence-corrected chi connectivity index (χ0v) is 12.0. The maximum atomic E-state index is 12.0. The molecule has 2 aromatic rings. The second-order valence-electron chi connectivity index (χ2n) is 4.96. The molecule has 2 rings (SSSR count). The summed E-state index contributed by atoms with van der Waals surface area (Å²) in [6.45, 7) is 5.55. The summed E-state index contributed by atoms with van der Waals surface area (Å²) in [6, 6.07) is 6.05. The molecule has 1 heterocycles. The zero-order chi connectivity index (χ0) is 15.6. The first-order valence-corrected chi connectivity index (χ1v) is 6.50. The molecule has 1 N–H and O–H groups in total. The van der Waals surface area contributed by atoms with Crippen LogP contribution < -0.4 is 5.32 Å². The Morgan fingerprint density at radius 2 is 1.95 bits per heavy atom. The summed E-state index contributed by atoms with van der Waals surface area (Å²) in [7, 11) is 0. The Bertz CT molecular complexity index is 674. The number of hydrogen-bond donors (Lipinski definition) is 1. The molecule has 1 amide bonds. The summed E-state index contributed by atoms with van der Waals surface area (Å²) in [4.78, 5) is 22.2. The van der Waals surface area contributed by atoms with Crippen LogP contribution >= 0.6 is 0 Å². The summed E-state index contributed by atoms with van der Waals surface area (Å²) in [6.07, 6.45) is 1.49. The predicted molar refractivity (Wildman–Crippen MR) is 77.6 cm³/mol. The SMILES string of the molecule is Cc1c(C(=O)NC(C)C)cnn1-c1ccc([N+](=O)[O-])cc1. The van der Waals surface area contributed by atoms with E-state index in [9.17, 15) is 14.9 Å². The first-order chi connectivity index (χ1) is 9.90. The summed E-state index contributed by atoms with van der Waals surface area (Å²) >= 11 is 0. The number of nitrogens with zero attached hydrogens (tertiary/aromatic N) is 3. The van der Waals surface area contributed by atoms with Crippen molar-refractivity contribution in [3.63, 3.8) is 0 Å². The zero-order valence-electron chi connectivity index (χ0n) is 12.0. The van der Waals surface area contributed by atoms with Gasteiger partial charge in [0.2, 0.25) is 0 Å². The van der Waals surface area contributed by atoms with Crippen molar-refractivity contribution in [3.8, 4) is 5.69 Å². The van der Waals surface area contributed by atoms with Gasteiger partial charge in [0, 0.05) is 18.2 Å². The highest BCUT2D eigenvalue weighted by Crippen LogP contribution is 2.18. The van der Waals surface area contributed by atoms with Gasteiger partial charge in [-0.3, -0.25) is 14.9 Å². The number of carbonyl (C=O) groups excluding carboxylic acids is 1. The quantitative estimate of drug-likeness (QED) is 0.690. The topological polar surface area (TPSA) is 90.1 Å². The molecule has 0 saturated carbocycles. The number of benzene rings is 1. The Morgan fingerprint density at radius 3 is 2.48 bits per heavy atom. The third kappa shape index (κ3) is 3.07. The highest BCUT2D eigenvalue weighted by atomic mass is 16.6. The van der Waals surface area contributed by atoms with E-state index in [0.29, 0.717) is 16.9 Å². The Morgan fingerprint density at radius 1 is 1.33 bits per heavy atom. The average Bonchev–Trinajstić information content (AvgIpc) is 2.80. The largest absolute Gasteiger partial charge is 0.350 e. The second-order valence-corrected chi connectivity index (χ2v) is 4.96. The summed E-state index contributed by atoms with van der Waals surface area (Å²) in [5, 5.41) is 17.6. The summed E-state index contributed by atoms with van der Waals surface area (Å²) in [5.41, 5.74) is 1.85. The molecule has 0 atom stereocenters. The van der Waals surface area contributed by atoms with Gasteiger partial charge >= 0.3 is 0 Å². The Kier molecular flexibility index (Phi) is 4.02. The molecular formula is C14H16N4O3. The highest BCUT2D eigenvalue weighted by Gasteiger charge is 2.16. The molecule has 0 bridgehead atoms. The van der Waals surface area contributed by atoms with E-state index in [-0.39, 0.29) is 17.6 Å². The Balaban J connectivity index is 2.31. The third-order valence-electron chi connectivity index (χ3n) is 2.98. The molecule has 0 fully saturated rings. The number of nitro groups is 1. The van der Waals surface area contributed by atoms with E-state index >= 15 is 0 Å². The van der Waals surface area contributed by atoms with Gasteiger partial charge in [-0.1, -0.05) is 0 Å². The molecule has 21 heavy (non-hydrogen) atoms. The van der Waals surface area contributed by atoms with Gasteiger partial charge in [0.15, 0.2) is 0 Å². The third-order valence-corrected chi connectivity index (χ3v) is 2.98. The van der Waals surface area contributed by atoms with Gasteiger partial charge in [-0.25, -0.2) is 4.68 Å². The van der Waals surface area contributed by atoms with Crippen molar-refractivity contribution in [3.05, 3.63) is 51.8 Å². The number of hydrogen-bond acceptors (Lipinski definition) is 4. The monoisotopic (exact) mass is 288 g/mol. The van der Waals surface area contributed by atoms with E-state index in [1.54, 1.807) is 23.7 Å². The van der Waals surface area contributed by atoms with Crippen LogP contribution in [-0.4, -0.2) is 26.7 Å². The minimum Gasteiger partial charge on any atom is -0.350 e. The number of non-ortho nitro benzene ring substituents is 1. The molecular weight excluding hydrogens is 272 g/mol. The number of nitro benzene ring substituents is 1. The van der Waals surface area contributed by atoms with Crippen molar-refractivity contribution in [1.82, 2.24) is 15.1 Å². The minimum atomic E-state index is -0.457. The first-order valence-electron chi connectivity index (χ1n) is 6.50. The Labute approximate surface area is 121 Å². The maximum Gasteiger partial charge on any atom is 0.269 e. The van der Waals surface area contributed by atoms with Crippen molar-refractivity contribution in [2.24, 2.45) is 0 Å². The van der Waals surface area contributed by atoms with Gasteiger partial charge in [-0.05, 0) is 32.9 Å². The molecule has 0 saturated heterocycles. The molecule has 0 spiro atoms. The van der Waals surface area contributed by atoms with Gasteiger partial charge in [0.1, 0.15) is 0 Å². The van der Waals surface area contributed by atoms with E-state index in [2.05, 4.69) is 10.4 Å². The van der Waals surface area contributed by atoms with E-state index in [1.165, 1.54) is 18.3 Å². The van der Waals surface area contributed by atoms with Crippen molar-refractivity contribution in [1.29, 1.82) is 0 Å². The number of carbonyl (C=O) groups is 1. The van der Waals surface area contributed by atoms with Gasteiger partial charge in [-0.15, -0.1) is 0 Å². The highest BCUT2D eigenvalue weighted by molar-refractivity contribution is 5.95. The van der Waals surface area contributed by atoms with E-state index in [4.69, 9.17) is 0 Å². The number of nitrogens with one attached hydrogen (secondary N) is 1. The van der Waals surface area contributed by atoms with Crippen LogP contribution in [0.3, 0.4) is 0 Å². The van der Waals surface area contributed by atoms with E-state index in [1.807, 2.05) is 13.8 Å². The fraction of sp³-hybridized carbons (Fsp3) is 0.286.